The number of piperidine rings is 1. The number of anilines is 1. The van der Waals surface area contributed by atoms with Crippen molar-refractivity contribution in [2.24, 2.45) is 13.0 Å². The van der Waals surface area contributed by atoms with E-state index in [9.17, 15) is 14.0 Å². The first kappa shape index (κ1) is 17.4. The topological polar surface area (TPSA) is 54.3 Å². The number of benzene rings is 1. The lowest BCUT2D eigenvalue weighted by atomic mass is 9.96. The van der Waals surface area contributed by atoms with Gasteiger partial charge in [0.2, 0.25) is 11.5 Å². The molecule has 1 aliphatic rings. The Morgan fingerprint density at radius 1 is 1.32 bits per heavy atom. The second-order valence-electron chi connectivity index (χ2n) is 6.56. The first-order valence-corrected chi connectivity index (χ1v) is 8.45. The van der Waals surface area contributed by atoms with Gasteiger partial charge >= 0.3 is 0 Å². The number of nitrogens with zero attached hydrogens (tertiary/aromatic N) is 2. The molecule has 6 heteroatoms. The van der Waals surface area contributed by atoms with Crippen molar-refractivity contribution in [3.8, 4) is 0 Å². The smallest absolute Gasteiger partial charge is 0.250 e. The number of amides is 1. The Balaban J connectivity index is 1.61. The monoisotopic (exact) mass is 343 g/mol. The number of nitrogens with one attached hydrogen (secondary N) is 1. The molecule has 0 saturated carbocycles. The van der Waals surface area contributed by atoms with Gasteiger partial charge < -0.3 is 9.88 Å². The van der Waals surface area contributed by atoms with Crippen LogP contribution in [-0.2, 0) is 18.4 Å². The molecule has 0 spiro atoms. The van der Waals surface area contributed by atoms with E-state index in [4.69, 9.17) is 0 Å². The van der Waals surface area contributed by atoms with Crippen LogP contribution in [0.5, 0.6) is 0 Å². The maximum atomic E-state index is 13.3. The van der Waals surface area contributed by atoms with E-state index in [1.54, 1.807) is 25.4 Å². The Morgan fingerprint density at radius 2 is 2.16 bits per heavy atom. The summed E-state index contributed by atoms with van der Waals surface area (Å²) in [7, 11) is 1.65. The highest BCUT2D eigenvalue weighted by atomic mass is 19.1. The van der Waals surface area contributed by atoms with Crippen molar-refractivity contribution < 1.29 is 9.18 Å². The Bertz CT molecular complexity index is 818. The van der Waals surface area contributed by atoms with Crippen LogP contribution < -0.4 is 10.9 Å². The number of carbonyl (C=O) groups is 1. The van der Waals surface area contributed by atoms with Crippen LogP contribution in [0.15, 0.2) is 47.4 Å². The molecule has 3 rings (SSSR count). The SMILES string of the molecule is Cn1cc(NC(=O)C2CCCN(Cc3cccc(F)c3)C2)ccc1=O. The van der Waals surface area contributed by atoms with E-state index < -0.39 is 0 Å². The normalized spacial score (nSPS) is 18.1. The van der Waals surface area contributed by atoms with Crippen LogP contribution in [0, 0.1) is 11.7 Å². The van der Waals surface area contributed by atoms with Crippen LogP contribution in [0.3, 0.4) is 0 Å². The molecule has 1 aromatic heterocycles. The summed E-state index contributed by atoms with van der Waals surface area (Å²) in [6.45, 7) is 2.19. The van der Waals surface area contributed by atoms with Gasteiger partial charge in [-0.3, -0.25) is 14.5 Å². The van der Waals surface area contributed by atoms with E-state index in [0.29, 0.717) is 18.8 Å². The zero-order valence-corrected chi connectivity index (χ0v) is 14.2. The predicted molar refractivity (Wildman–Crippen MR) is 94.7 cm³/mol. The fraction of sp³-hybridized carbons (Fsp3) is 0.368. The van der Waals surface area contributed by atoms with Gasteiger partial charge in [-0.05, 0) is 43.1 Å². The summed E-state index contributed by atoms with van der Waals surface area (Å²) in [6.07, 6.45) is 3.38. The van der Waals surface area contributed by atoms with Gasteiger partial charge in [0.1, 0.15) is 5.82 Å². The highest BCUT2D eigenvalue weighted by Crippen LogP contribution is 2.20. The number of hydrogen-bond donors (Lipinski definition) is 1. The number of rotatable bonds is 4. The molecule has 1 amide bonds. The van der Waals surface area contributed by atoms with Crippen molar-refractivity contribution in [1.29, 1.82) is 0 Å². The fourth-order valence-corrected chi connectivity index (χ4v) is 3.22. The number of aryl methyl sites for hydroxylation is 1. The van der Waals surface area contributed by atoms with Crippen molar-refractivity contribution in [2.45, 2.75) is 19.4 Å². The molecule has 2 aromatic rings. The Hall–Kier alpha value is -2.47. The summed E-state index contributed by atoms with van der Waals surface area (Å²) in [4.78, 5) is 26.1. The van der Waals surface area contributed by atoms with E-state index in [-0.39, 0.29) is 23.2 Å². The van der Waals surface area contributed by atoms with E-state index in [0.717, 1.165) is 24.9 Å². The molecule has 1 aliphatic heterocycles. The highest BCUT2D eigenvalue weighted by Gasteiger charge is 2.26. The molecule has 1 aromatic carbocycles. The molecule has 0 bridgehead atoms. The molecule has 1 N–H and O–H groups in total. The first-order chi connectivity index (χ1) is 12.0. The lowest BCUT2D eigenvalue weighted by molar-refractivity contribution is -0.121. The highest BCUT2D eigenvalue weighted by molar-refractivity contribution is 5.92. The second kappa shape index (κ2) is 7.61. The van der Waals surface area contributed by atoms with Crippen LogP contribution in [0.2, 0.25) is 0 Å². The molecule has 2 heterocycles. The summed E-state index contributed by atoms with van der Waals surface area (Å²) < 4.78 is 14.8. The minimum atomic E-state index is -0.238. The van der Waals surface area contributed by atoms with Gasteiger partial charge in [-0.25, -0.2) is 4.39 Å². The number of pyridine rings is 1. The van der Waals surface area contributed by atoms with Gasteiger partial charge in [0, 0.05) is 32.4 Å². The molecule has 1 atom stereocenters. The number of likely N-dealkylation sites (tertiary alicyclic amines) is 1. The average Bonchev–Trinajstić information content (AvgIpc) is 2.58. The Morgan fingerprint density at radius 3 is 2.92 bits per heavy atom. The van der Waals surface area contributed by atoms with E-state index in [1.165, 1.54) is 22.8 Å². The van der Waals surface area contributed by atoms with Crippen LogP contribution in [0.1, 0.15) is 18.4 Å². The third kappa shape index (κ3) is 4.54. The van der Waals surface area contributed by atoms with Crippen molar-refractivity contribution in [3.63, 3.8) is 0 Å². The molecule has 132 valence electrons. The van der Waals surface area contributed by atoms with Crippen LogP contribution in [0.4, 0.5) is 10.1 Å². The molecule has 5 nitrogen and oxygen atoms in total. The van der Waals surface area contributed by atoms with E-state index >= 15 is 0 Å². The van der Waals surface area contributed by atoms with Gasteiger partial charge in [-0.2, -0.15) is 0 Å². The zero-order chi connectivity index (χ0) is 17.8. The maximum Gasteiger partial charge on any atom is 0.250 e. The van der Waals surface area contributed by atoms with Crippen LogP contribution in [-0.4, -0.2) is 28.5 Å². The van der Waals surface area contributed by atoms with Crippen molar-refractivity contribution >= 4 is 11.6 Å². The third-order valence-electron chi connectivity index (χ3n) is 4.52. The fourth-order valence-electron chi connectivity index (χ4n) is 3.22. The quantitative estimate of drug-likeness (QED) is 0.927. The first-order valence-electron chi connectivity index (χ1n) is 8.45. The molecular formula is C19H22FN3O2. The van der Waals surface area contributed by atoms with Crippen molar-refractivity contribution in [3.05, 3.63) is 64.3 Å². The number of hydrogen-bond acceptors (Lipinski definition) is 3. The molecule has 1 fully saturated rings. The lowest BCUT2D eigenvalue weighted by Crippen LogP contribution is -2.40. The molecule has 25 heavy (non-hydrogen) atoms. The largest absolute Gasteiger partial charge is 0.325 e. The minimum Gasteiger partial charge on any atom is -0.325 e. The molecular weight excluding hydrogens is 321 g/mol. The Labute approximate surface area is 146 Å². The Kier molecular flexibility index (Phi) is 5.28. The van der Waals surface area contributed by atoms with E-state index in [2.05, 4.69) is 10.2 Å². The maximum absolute atomic E-state index is 13.3. The van der Waals surface area contributed by atoms with Gasteiger partial charge in [0.15, 0.2) is 0 Å². The summed E-state index contributed by atoms with van der Waals surface area (Å²) in [5, 5.41) is 2.89. The molecule has 0 aliphatic carbocycles. The third-order valence-corrected chi connectivity index (χ3v) is 4.52. The molecule has 0 radical (unpaired) electrons. The summed E-state index contributed by atoms with van der Waals surface area (Å²) >= 11 is 0. The number of halogens is 1. The van der Waals surface area contributed by atoms with Crippen molar-refractivity contribution in [1.82, 2.24) is 9.47 Å². The van der Waals surface area contributed by atoms with Gasteiger partial charge in [0.05, 0.1) is 11.6 Å². The molecule has 1 unspecified atom stereocenters. The van der Waals surface area contributed by atoms with Crippen molar-refractivity contribution in [2.75, 3.05) is 18.4 Å². The van der Waals surface area contributed by atoms with E-state index in [1.807, 2.05) is 6.07 Å². The van der Waals surface area contributed by atoms with Gasteiger partial charge in [-0.1, -0.05) is 12.1 Å². The van der Waals surface area contributed by atoms with Gasteiger partial charge in [-0.15, -0.1) is 0 Å². The lowest BCUT2D eigenvalue weighted by Gasteiger charge is -2.32. The standard InChI is InChI=1S/C19H22FN3O2/c1-22-13-17(7-8-18(22)24)21-19(25)15-5-3-9-23(12-15)11-14-4-2-6-16(20)10-14/h2,4,6-8,10,13,15H,3,5,9,11-12H2,1H3,(H,21,25). The van der Waals surface area contributed by atoms with Gasteiger partial charge in [0.25, 0.3) is 0 Å². The predicted octanol–water partition coefficient (Wildman–Crippen LogP) is 2.38. The number of aromatic nitrogens is 1. The second-order valence-corrected chi connectivity index (χ2v) is 6.56. The molecule has 1 saturated heterocycles. The minimum absolute atomic E-state index is 0.0393. The summed E-state index contributed by atoms with van der Waals surface area (Å²) in [5.74, 6) is -0.388. The van der Waals surface area contributed by atoms with Crippen LogP contribution >= 0.6 is 0 Å². The van der Waals surface area contributed by atoms with Crippen LogP contribution in [0.25, 0.3) is 0 Å². The zero-order valence-electron chi connectivity index (χ0n) is 14.2. The number of carbonyl (C=O) groups excluding carboxylic acids is 1. The summed E-state index contributed by atoms with van der Waals surface area (Å²) in [5.41, 5.74) is 1.42. The summed E-state index contributed by atoms with van der Waals surface area (Å²) in [6, 6.07) is 9.63. The average molecular weight is 343 g/mol.